The molecule has 7 heteroatoms. The maximum absolute atomic E-state index is 12.5. The predicted molar refractivity (Wildman–Crippen MR) is 117 cm³/mol. The second-order valence-corrected chi connectivity index (χ2v) is 6.88. The number of anilines is 2. The molecule has 3 rings (SSSR count). The van der Waals surface area contributed by atoms with E-state index in [1.54, 1.807) is 0 Å². The third-order valence-electron chi connectivity index (χ3n) is 4.74. The number of carbonyl (C=O) groups excluding carboxylic acids is 1. The lowest BCUT2D eigenvalue weighted by atomic mass is 10.2. The summed E-state index contributed by atoms with van der Waals surface area (Å²) in [5.41, 5.74) is 2.49. The zero-order valence-electron chi connectivity index (χ0n) is 17.9. The van der Waals surface area contributed by atoms with E-state index in [9.17, 15) is 4.79 Å². The Bertz CT molecular complexity index is 849. The fourth-order valence-electron chi connectivity index (χ4n) is 3.29. The molecule has 7 nitrogen and oxygen atoms in total. The summed E-state index contributed by atoms with van der Waals surface area (Å²) in [6.07, 6.45) is 0. The first kappa shape index (κ1) is 21.8. The maximum Gasteiger partial charge on any atom is 0.262 e. The van der Waals surface area contributed by atoms with E-state index in [0.29, 0.717) is 49.4 Å². The summed E-state index contributed by atoms with van der Waals surface area (Å²) in [7, 11) is 0. The van der Waals surface area contributed by atoms with Crippen molar-refractivity contribution >= 4 is 17.3 Å². The molecule has 0 aromatic heterocycles. The molecule has 1 saturated heterocycles. The van der Waals surface area contributed by atoms with Gasteiger partial charge in [0.25, 0.3) is 5.91 Å². The Balaban J connectivity index is 1.78. The predicted octanol–water partition coefficient (Wildman–Crippen LogP) is 3.65. The number of rotatable bonds is 9. The average Bonchev–Trinajstić information content (AvgIpc) is 2.76. The minimum atomic E-state index is -0.263. The normalized spacial score (nSPS) is 13.6. The number of amides is 1. The van der Waals surface area contributed by atoms with Crippen LogP contribution in [0, 0.1) is 6.92 Å². The number of nitrogens with one attached hydrogen (secondary N) is 1. The lowest BCUT2D eigenvalue weighted by molar-refractivity contribution is -0.118. The summed E-state index contributed by atoms with van der Waals surface area (Å²) >= 11 is 0. The lowest BCUT2D eigenvalue weighted by Crippen LogP contribution is -2.36. The highest BCUT2D eigenvalue weighted by Gasteiger charge is 2.20. The van der Waals surface area contributed by atoms with Crippen molar-refractivity contribution in [1.29, 1.82) is 0 Å². The van der Waals surface area contributed by atoms with Crippen LogP contribution in [0.3, 0.4) is 0 Å². The van der Waals surface area contributed by atoms with Gasteiger partial charge in [-0.05, 0) is 32.4 Å². The molecular weight excluding hydrogens is 384 g/mol. The number of nitrogens with zero attached hydrogens (tertiary/aromatic N) is 1. The Labute approximate surface area is 177 Å². The fraction of sp³-hybridized carbons (Fsp3) is 0.435. The third-order valence-corrected chi connectivity index (χ3v) is 4.74. The molecule has 30 heavy (non-hydrogen) atoms. The lowest BCUT2D eigenvalue weighted by Gasteiger charge is -2.31. The van der Waals surface area contributed by atoms with E-state index in [4.69, 9.17) is 18.9 Å². The summed E-state index contributed by atoms with van der Waals surface area (Å²) < 4.78 is 22.8. The van der Waals surface area contributed by atoms with Gasteiger partial charge in [0.05, 0.1) is 37.8 Å². The molecule has 1 amide bonds. The van der Waals surface area contributed by atoms with Crippen molar-refractivity contribution in [3.05, 3.63) is 42.0 Å². The van der Waals surface area contributed by atoms with Gasteiger partial charge in [0.15, 0.2) is 6.61 Å². The highest BCUT2D eigenvalue weighted by atomic mass is 16.5. The highest BCUT2D eigenvalue weighted by molar-refractivity contribution is 5.94. The minimum Gasteiger partial charge on any atom is -0.492 e. The summed E-state index contributed by atoms with van der Waals surface area (Å²) in [6, 6.07) is 11.4. The molecular formula is C23H30N2O5. The second kappa shape index (κ2) is 10.7. The van der Waals surface area contributed by atoms with Gasteiger partial charge in [-0.3, -0.25) is 4.79 Å². The Morgan fingerprint density at radius 3 is 2.40 bits per heavy atom. The topological polar surface area (TPSA) is 69.3 Å². The van der Waals surface area contributed by atoms with Crippen LogP contribution in [0.2, 0.25) is 0 Å². The van der Waals surface area contributed by atoms with E-state index in [-0.39, 0.29) is 12.5 Å². The van der Waals surface area contributed by atoms with Gasteiger partial charge < -0.3 is 29.2 Å². The Morgan fingerprint density at radius 2 is 1.70 bits per heavy atom. The largest absolute Gasteiger partial charge is 0.492 e. The number of benzene rings is 2. The summed E-state index contributed by atoms with van der Waals surface area (Å²) in [4.78, 5) is 14.8. The van der Waals surface area contributed by atoms with Crippen molar-refractivity contribution in [3.8, 4) is 17.2 Å². The van der Waals surface area contributed by atoms with E-state index < -0.39 is 0 Å². The summed E-state index contributed by atoms with van der Waals surface area (Å²) in [6.45, 7) is 9.61. The van der Waals surface area contributed by atoms with Crippen LogP contribution in [0.15, 0.2) is 36.4 Å². The molecule has 0 unspecified atom stereocenters. The Morgan fingerprint density at radius 1 is 1.00 bits per heavy atom. The van der Waals surface area contributed by atoms with Crippen molar-refractivity contribution in [1.82, 2.24) is 0 Å². The van der Waals surface area contributed by atoms with E-state index in [1.807, 2.05) is 57.2 Å². The second-order valence-electron chi connectivity index (χ2n) is 6.88. The van der Waals surface area contributed by atoms with Gasteiger partial charge >= 0.3 is 0 Å². The molecule has 1 fully saturated rings. The molecule has 0 atom stereocenters. The highest BCUT2D eigenvalue weighted by Crippen LogP contribution is 2.39. The quantitative estimate of drug-likeness (QED) is 0.676. The van der Waals surface area contributed by atoms with Crippen molar-refractivity contribution < 1.29 is 23.7 Å². The number of ether oxygens (including phenoxy) is 4. The molecule has 1 heterocycles. The smallest absolute Gasteiger partial charge is 0.262 e. The van der Waals surface area contributed by atoms with Crippen molar-refractivity contribution in [2.24, 2.45) is 0 Å². The van der Waals surface area contributed by atoms with Gasteiger partial charge in [-0.1, -0.05) is 18.2 Å². The zero-order chi connectivity index (χ0) is 21.3. The van der Waals surface area contributed by atoms with Crippen molar-refractivity contribution in [2.75, 3.05) is 56.3 Å². The molecule has 162 valence electrons. The number of carbonyl (C=O) groups is 1. The summed E-state index contributed by atoms with van der Waals surface area (Å²) in [5, 5.41) is 2.90. The van der Waals surface area contributed by atoms with Gasteiger partial charge in [0, 0.05) is 25.2 Å². The molecule has 1 aliphatic rings. The standard InChI is InChI=1S/C23H30N2O5/c1-4-28-21-15-19(25-10-12-27-13-11-25)22(29-5-2)14-18(21)24-23(26)16-30-20-9-7-6-8-17(20)3/h6-9,14-15H,4-5,10-13,16H2,1-3H3,(H,24,26). The maximum atomic E-state index is 12.5. The fourth-order valence-corrected chi connectivity index (χ4v) is 3.29. The number of morpholine rings is 1. The minimum absolute atomic E-state index is 0.0917. The van der Waals surface area contributed by atoms with Crippen LogP contribution in [0.25, 0.3) is 0 Å². The first-order valence-corrected chi connectivity index (χ1v) is 10.4. The monoisotopic (exact) mass is 414 g/mol. The third kappa shape index (κ3) is 5.57. The molecule has 0 radical (unpaired) electrons. The first-order valence-electron chi connectivity index (χ1n) is 10.4. The van der Waals surface area contributed by atoms with Gasteiger partial charge in [-0.2, -0.15) is 0 Å². The number of hydrogen-bond acceptors (Lipinski definition) is 6. The number of hydrogen-bond donors (Lipinski definition) is 1. The number of aryl methyl sites for hydroxylation is 1. The van der Waals surface area contributed by atoms with Gasteiger partial charge in [-0.25, -0.2) is 0 Å². The van der Waals surface area contributed by atoms with E-state index in [1.165, 1.54) is 0 Å². The molecule has 1 aliphatic heterocycles. The van der Waals surface area contributed by atoms with Crippen LogP contribution in [-0.4, -0.2) is 52.0 Å². The molecule has 2 aromatic rings. The van der Waals surface area contributed by atoms with E-state index in [2.05, 4.69) is 10.2 Å². The van der Waals surface area contributed by atoms with Gasteiger partial charge in [0.1, 0.15) is 17.2 Å². The van der Waals surface area contributed by atoms with Crippen molar-refractivity contribution in [3.63, 3.8) is 0 Å². The van der Waals surface area contributed by atoms with Gasteiger partial charge in [-0.15, -0.1) is 0 Å². The first-order chi connectivity index (χ1) is 14.6. The molecule has 0 bridgehead atoms. The van der Waals surface area contributed by atoms with Gasteiger partial charge in [0.2, 0.25) is 0 Å². The summed E-state index contributed by atoms with van der Waals surface area (Å²) in [5.74, 6) is 1.74. The Hall–Kier alpha value is -2.93. The molecule has 2 aromatic carbocycles. The van der Waals surface area contributed by atoms with Crippen LogP contribution >= 0.6 is 0 Å². The SMILES string of the molecule is CCOc1cc(N2CCOCC2)c(OCC)cc1NC(=O)COc1ccccc1C. The van der Waals surface area contributed by atoms with E-state index in [0.717, 1.165) is 24.3 Å². The molecule has 1 N–H and O–H groups in total. The number of para-hydroxylation sites is 1. The van der Waals surface area contributed by atoms with Crippen LogP contribution in [0.4, 0.5) is 11.4 Å². The van der Waals surface area contributed by atoms with E-state index >= 15 is 0 Å². The van der Waals surface area contributed by atoms with Crippen molar-refractivity contribution in [2.45, 2.75) is 20.8 Å². The zero-order valence-corrected chi connectivity index (χ0v) is 17.9. The molecule has 0 aliphatic carbocycles. The average molecular weight is 415 g/mol. The van der Waals surface area contributed by atoms with Crippen LogP contribution in [0.1, 0.15) is 19.4 Å². The molecule has 0 saturated carbocycles. The van der Waals surface area contributed by atoms with Crippen LogP contribution < -0.4 is 24.4 Å². The van der Waals surface area contributed by atoms with Crippen LogP contribution in [0.5, 0.6) is 17.2 Å². The Kier molecular flexibility index (Phi) is 7.79. The molecule has 0 spiro atoms. The van der Waals surface area contributed by atoms with Crippen LogP contribution in [-0.2, 0) is 9.53 Å².